The van der Waals surface area contributed by atoms with Gasteiger partial charge in [-0.05, 0) is 37.6 Å². The first-order valence-electron chi connectivity index (χ1n) is 4.42. The number of pyridine rings is 1. The lowest BCUT2D eigenvalue weighted by molar-refractivity contribution is 0.247. The summed E-state index contributed by atoms with van der Waals surface area (Å²) in [5.74, 6) is 0. The van der Waals surface area contributed by atoms with Crippen LogP contribution in [-0.4, -0.2) is 23.5 Å². The molecule has 1 atom stereocenters. The van der Waals surface area contributed by atoms with Crippen LogP contribution in [0.15, 0.2) is 18.5 Å². The van der Waals surface area contributed by atoms with E-state index in [1.807, 2.05) is 12.4 Å². The van der Waals surface area contributed by atoms with Gasteiger partial charge in [0, 0.05) is 25.0 Å². The van der Waals surface area contributed by atoms with Crippen molar-refractivity contribution in [3.8, 4) is 0 Å². The molecule has 0 saturated carbocycles. The SMILES string of the molecule is CC1c2ccncc2CCN1C. The van der Waals surface area contributed by atoms with E-state index in [1.165, 1.54) is 11.1 Å². The topological polar surface area (TPSA) is 16.1 Å². The number of rotatable bonds is 0. The first-order valence-corrected chi connectivity index (χ1v) is 4.42. The van der Waals surface area contributed by atoms with E-state index >= 15 is 0 Å². The van der Waals surface area contributed by atoms with E-state index in [0.29, 0.717) is 6.04 Å². The van der Waals surface area contributed by atoms with Gasteiger partial charge in [-0.25, -0.2) is 0 Å². The molecule has 12 heavy (non-hydrogen) atoms. The van der Waals surface area contributed by atoms with Gasteiger partial charge >= 0.3 is 0 Å². The summed E-state index contributed by atoms with van der Waals surface area (Å²) in [6.07, 6.45) is 5.03. The maximum atomic E-state index is 4.14. The second-order valence-corrected chi connectivity index (χ2v) is 3.48. The molecular weight excluding hydrogens is 148 g/mol. The van der Waals surface area contributed by atoms with Crippen LogP contribution in [0.5, 0.6) is 0 Å². The van der Waals surface area contributed by atoms with Gasteiger partial charge in [-0.2, -0.15) is 0 Å². The highest BCUT2D eigenvalue weighted by atomic mass is 15.1. The summed E-state index contributed by atoms with van der Waals surface area (Å²) in [5, 5.41) is 0. The Hall–Kier alpha value is -0.890. The Morgan fingerprint density at radius 2 is 2.42 bits per heavy atom. The van der Waals surface area contributed by atoms with Crippen molar-refractivity contribution in [2.75, 3.05) is 13.6 Å². The van der Waals surface area contributed by atoms with Crippen molar-refractivity contribution in [1.29, 1.82) is 0 Å². The van der Waals surface area contributed by atoms with Gasteiger partial charge in [-0.1, -0.05) is 0 Å². The van der Waals surface area contributed by atoms with Gasteiger partial charge in [0.15, 0.2) is 0 Å². The molecule has 1 aliphatic rings. The fraction of sp³-hybridized carbons (Fsp3) is 0.500. The van der Waals surface area contributed by atoms with E-state index in [1.54, 1.807) is 0 Å². The molecule has 0 fully saturated rings. The highest BCUT2D eigenvalue weighted by molar-refractivity contribution is 5.28. The van der Waals surface area contributed by atoms with E-state index in [9.17, 15) is 0 Å². The number of aromatic nitrogens is 1. The Morgan fingerprint density at radius 3 is 3.25 bits per heavy atom. The zero-order chi connectivity index (χ0) is 8.55. The summed E-state index contributed by atoms with van der Waals surface area (Å²) in [6, 6.07) is 2.69. The molecular formula is C10H14N2. The molecule has 0 amide bonds. The molecule has 0 aromatic carbocycles. The van der Waals surface area contributed by atoms with Gasteiger partial charge in [0.2, 0.25) is 0 Å². The van der Waals surface area contributed by atoms with Crippen LogP contribution in [0.25, 0.3) is 0 Å². The molecule has 0 spiro atoms. The predicted octanol–water partition coefficient (Wildman–Crippen LogP) is 1.63. The molecule has 1 aromatic rings. The van der Waals surface area contributed by atoms with Gasteiger partial charge in [0.05, 0.1) is 0 Å². The average molecular weight is 162 g/mol. The molecule has 0 bridgehead atoms. The molecule has 0 aliphatic carbocycles. The Morgan fingerprint density at radius 1 is 1.58 bits per heavy atom. The highest BCUT2D eigenvalue weighted by Crippen LogP contribution is 2.26. The Balaban J connectivity index is 2.42. The molecule has 2 nitrogen and oxygen atoms in total. The molecule has 1 unspecified atom stereocenters. The molecule has 2 rings (SSSR count). The van der Waals surface area contributed by atoms with Crippen molar-refractivity contribution in [3.63, 3.8) is 0 Å². The molecule has 1 aromatic heterocycles. The number of fused-ring (bicyclic) bond motifs is 1. The minimum absolute atomic E-state index is 0.553. The van der Waals surface area contributed by atoms with Crippen LogP contribution in [0.1, 0.15) is 24.1 Å². The molecule has 0 saturated heterocycles. The van der Waals surface area contributed by atoms with Crippen molar-refractivity contribution in [3.05, 3.63) is 29.6 Å². The maximum absolute atomic E-state index is 4.14. The quantitative estimate of drug-likeness (QED) is 0.576. The summed E-state index contributed by atoms with van der Waals surface area (Å²) in [6.45, 7) is 3.40. The van der Waals surface area contributed by atoms with Crippen molar-refractivity contribution < 1.29 is 0 Å². The Labute approximate surface area is 73.2 Å². The molecule has 0 N–H and O–H groups in total. The minimum atomic E-state index is 0.553. The number of hydrogen-bond acceptors (Lipinski definition) is 2. The second-order valence-electron chi connectivity index (χ2n) is 3.48. The van der Waals surface area contributed by atoms with Crippen LogP contribution < -0.4 is 0 Å². The Bertz CT molecular complexity index is 283. The maximum Gasteiger partial charge on any atom is 0.0320 e. The van der Waals surface area contributed by atoms with Gasteiger partial charge < -0.3 is 0 Å². The fourth-order valence-electron chi connectivity index (χ4n) is 1.78. The van der Waals surface area contributed by atoms with Crippen molar-refractivity contribution in [2.24, 2.45) is 0 Å². The molecule has 0 radical (unpaired) electrons. The Kier molecular flexibility index (Phi) is 1.85. The number of hydrogen-bond donors (Lipinski definition) is 0. The van der Waals surface area contributed by atoms with Crippen LogP contribution in [0.3, 0.4) is 0 Å². The van der Waals surface area contributed by atoms with Gasteiger partial charge in [0.1, 0.15) is 0 Å². The summed E-state index contributed by atoms with van der Waals surface area (Å²) in [4.78, 5) is 6.52. The smallest absolute Gasteiger partial charge is 0.0320 e. The second kappa shape index (κ2) is 2.87. The van der Waals surface area contributed by atoms with Gasteiger partial charge in [-0.15, -0.1) is 0 Å². The van der Waals surface area contributed by atoms with E-state index in [-0.39, 0.29) is 0 Å². The van der Waals surface area contributed by atoms with Gasteiger partial charge in [0.25, 0.3) is 0 Å². The normalized spacial score (nSPS) is 23.7. The van der Waals surface area contributed by atoms with E-state index in [2.05, 4.69) is 29.9 Å². The zero-order valence-electron chi connectivity index (χ0n) is 7.62. The summed E-state index contributed by atoms with van der Waals surface area (Å²) >= 11 is 0. The third kappa shape index (κ3) is 1.12. The van der Waals surface area contributed by atoms with E-state index in [4.69, 9.17) is 0 Å². The predicted molar refractivity (Wildman–Crippen MR) is 49.0 cm³/mol. The van der Waals surface area contributed by atoms with Crippen LogP contribution >= 0.6 is 0 Å². The molecule has 2 heterocycles. The highest BCUT2D eigenvalue weighted by Gasteiger charge is 2.19. The van der Waals surface area contributed by atoms with E-state index < -0.39 is 0 Å². The van der Waals surface area contributed by atoms with E-state index in [0.717, 1.165) is 13.0 Å². The number of nitrogens with zero attached hydrogens (tertiary/aromatic N) is 2. The summed E-state index contributed by atoms with van der Waals surface area (Å²) in [5.41, 5.74) is 2.86. The zero-order valence-corrected chi connectivity index (χ0v) is 7.62. The molecule has 64 valence electrons. The van der Waals surface area contributed by atoms with Crippen LogP contribution in [0.2, 0.25) is 0 Å². The first kappa shape index (κ1) is 7.74. The van der Waals surface area contributed by atoms with Crippen LogP contribution in [0.4, 0.5) is 0 Å². The lowest BCUT2D eigenvalue weighted by atomic mass is 9.96. The first-order chi connectivity index (χ1) is 5.79. The van der Waals surface area contributed by atoms with Crippen LogP contribution in [-0.2, 0) is 6.42 Å². The number of likely N-dealkylation sites (N-methyl/N-ethyl adjacent to an activating group) is 1. The lowest BCUT2D eigenvalue weighted by Crippen LogP contribution is -2.30. The average Bonchev–Trinajstić information content (AvgIpc) is 2.12. The van der Waals surface area contributed by atoms with Crippen molar-refractivity contribution >= 4 is 0 Å². The monoisotopic (exact) mass is 162 g/mol. The minimum Gasteiger partial charge on any atom is -0.299 e. The van der Waals surface area contributed by atoms with Gasteiger partial charge in [-0.3, -0.25) is 9.88 Å². The third-order valence-electron chi connectivity index (χ3n) is 2.79. The lowest BCUT2D eigenvalue weighted by Gasteiger charge is -2.31. The van der Waals surface area contributed by atoms with Crippen molar-refractivity contribution in [2.45, 2.75) is 19.4 Å². The third-order valence-corrected chi connectivity index (χ3v) is 2.79. The molecule has 1 aliphatic heterocycles. The fourth-order valence-corrected chi connectivity index (χ4v) is 1.78. The standard InChI is InChI=1S/C10H14N2/c1-8-10-3-5-11-7-9(10)4-6-12(8)2/h3,5,7-8H,4,6H2,1-2H3. The molecule has 2 heteroatoms. The van der Waals surface area contributed by atoms with Crippen LogP contribution in [0, 0.1) is 0 Å². The largest absolute Gasteiger partial charge is 0.299 e. The van der Waals surface area contributed by atoms with Crippen molar-refractivity contribution in [1.82, 2.24) is 9.88 Å². The summed E-state index contributed by atoms with van der Waals surface area (Å²) < 4.78 is 0. The summed E-state index contributed by atoms with van der Waals surface area (Å²) in [7, 11) is 2.17.